The van der Waals surface area contributed by atoms with E-state index in [0.29, 0.717) is 12.1 Å². The van der Waals surface area contributed by atoms with Crippen LogP contribution in [0.2, 0.25) is 0 Å². The molecule has 1 fully saturated rings. The van der Waals surface area contributed by atoms with Crippen LogP contribution in [-0.2, 0) is 27.4 Å². The quantitative estimate of drug-likeness (QED) is 0.321. The lowest BCUT2D eigenvalue weighted by Gasteiger charge is -2.38. The molecule has 1 amide bonds. The van der Waals surface area contributed by atoms with Gasteiger partial charge in [-0.2, -0.15) is 0 Å². The molecule has 0 bridgehead atoms. The first-order valence-electron chi connectivity index (χ1n) is 11.9. The molecule has 0 aromatic heterocycles. The number of aliphatic hydroxyl groups is 1. The number of hydrogen-bond donors (Lipinski definition) is 2. The summed E-state index contributed by atoms with van der Waals surface area (Å²) in [6.07, 6.45) is -0.195. The summed E-state index contributed by atoms with van der Waals surface area (Å²) in [6, 6.07) is 25.2. The van der Waals surface area contributed by atoms with Gasteiger partial charge in [0.1, 0.15) is 0 Å². The third-order valence-corrected chi connectivity index (χ3v) is 6.64. The summed E-state index contributed by atoms with van der Waals surface area (Å²) in [7, 11) is 2.08. The lowest BCUT2D eigenvalue weighted by molar-refractivity contribution is -0.252. The van der Waals surface area contributed by atoms with Gasteiger partial charge in [0.2, 0.25) is 0 Å². The van der Waals surface area contributed by atoms with Crippen LogP contribution in [0, 0.1) is 0 Å². The molecule has 1 heterocycles. The fraction of sp³-hybridized carbons (Fsp3) is 0.321. The summed E-state index contributed by atoms with van der Waals surface area (Å²) in [5, 5.41) is 12.0. The predicted octanol–water partition coefficient (Wildman–Crippen LogP) is 6.17. The number of nitrogens with one attached hydrogen (secondary N) is 1. The largest absolute Gasteiger partial charge is 0.392 e. The minimum absolute atomic E-state index is 0.00832. The van der Waals surface area contributed by atoms with E-state index in [1.165, 1.54) is 5.56 Å². The van der Waals surface area contributed by atoms with Crippen LogP contribution in [0.25, 0.3) is 0 Å². The molecule has 1 saturated heterocycles. The molecule has 196 valence electrons. The number of likely N-dealkylation sites (N-methyl/N-ethyl adjacent to an activating group) is 1. The Morgan fingerprint density at radius 2 is 1.59 bits per heavy atom. The van der Waals surface area contributed by atoms with Crippen LogP contribution in [0.1, 0.15) is 41.1 Å². The van der Waals surface area contributed by atoms with Crippen molar-refractivity contribution in [2.45, 2.75) is 41.9 Å². The number of hydrogen-bond acceptors (Lipinski definition) is 5. The van der Waals surface area contributed by atoms with Crippen molar-refractivity contribution in [1.82, 2.24) is 4.90 Å². The lowest BCUT2D eigenvalue weighted by atomic mass is 9.99. The standard InChI is InChI=1S/C28H29Cl3N2O4/c1-33(16-19-5-3-2-4-6-19)17-24-15-25(21-9-7-20(18-34)8-10-21)37-26(36-24)22-11-13-23(14-12-22)32-27(35)28(29,30)31/h2-14,24-26,34H,15-18H2,1H3,(H,32,35)/t24-,25+,26+/m1/s1. The van der Waals surface area contributed by atoms with E-state index in [-0.39, 0.29) is 18.8 Å². The molecule has 6 nitrogen and oxygen atoms in total. The molecule has 0 unspecified atom stereocenters. The van der Waals surface area contributed by atoms with Crippen molar-refractivity contribution >= 4 is 46.4 Å². The van der Waals surface area contributed by atoms with Gasteiger partial charge < -0.3 is 19.9 Å². The molecule has 2 N–H and O–H groups in total. The Hall–Kier alpha value is -2.16. The van der Waals surface area contributed by atoms with Crippen molar-refractivity contribution < 1.29 is 19.4 Å². The summed E-state index contributed by atoms with van der Waals surface area (Å²) >= 11 is 16.9. The van der Waals surface area contributed by atoms with Gasteiger partial charge in [-0.05, 0) is 35.9 Å². The second-order valence-corrected chi connectivity index (χ2v) is 11.4. The summed E-state index contributed by atoms with van der Waals surface area (Å²) in [4.78, 5) is 14.2. The highest BCUT2D eigenvalue weighted by molar-refractivity contribution is 6.76. The normalized spacial score (nSPS) is 20.1. The maximum absolute atomic E-state index is 12.0. The van der Waals surface area contributed by atoms with Crippen LogP contribution in [0.5, 0.6) is 0 Å². The second kappa shape index (κ2) is 12.6. The van der Waals surface area contributed by atoms with Gasteiger partial charge in [0.15, 0.2) is 6.29 Å². The van der Waals surface area contributed by atoms with E-state index in [0.717, 1.165) is 29.8 Å². The molecular weight excluding hydrogens is 535 g/mol. The van der Waals surface area contributed by atoms with E-state index < -0.39 is 16.0 Å². The number of nitrogens with zero attached hydrogens (tertiary/aromatic N) is 1. The monoisotopic (exact) mass is 562 g/mol. The molecule has 3 aromatic rings. The minimum atomic E-state index is -2.05. The van der Waals surface area contributed by atoms with Crippen molar-refractivity contribution in [3.8, 4) is 0 Å². The number of aliphatic hydroxyl groups excluding tert-OH is 1. The summed E-state index contributed by atoms with van der Waals surface area (Å²) in [5.74, 6) is -0.733. The van der Waals surface area contributed by atoms with Gasteiger partial charge in [-0.25, -0.2) is 0 Å². The van der Waals surface area contributed by atoms with Gasteiger partial charge in [-0.1, -0.05) is 102 Å². The Kier molecular flexibility index (Phi) is 9.48. The number of carbonyl (C=O) groups is 1. The summed E-state index contributed by atoms with van der Waals surface area (Å²) < 4.78 is 10.7. The van der Waals surface area contributed by atoms with Gasteiger partial charge in [-0.3, -0.25) is 9.69 Å². The van der Waals surface area contributed by atoms with E-state index in [1.54, 1.807) is 12.1 Å². The average Bonchev–Trinajstić information content (AvgIpc) is 2.89. The number of carbonyl (C=O) groups excluding carboxylic acids is 1. The van der Waals surface area contributed by atoms with Gasteiger partial charge in [0.05, 0.1) is 18.8 Å². The van der Waals surface area contributed by atoms with Crippen molar-refractivity contribution in [2.75, 3.05) is 18.9 Å². The zero-order chi connectivity index (χ0) is 26.4. The molecule has 37 heavy (non-hydrogen) atoms. The molecule has 4 rings (SSSR count). The maximum atomic E-state index is 12.0. The number of ether oxygens (including phenoxy) is 2. The highest BCUT2D eigenvalue weighted by Gasteiger charge is 2.33. The van der Waals surface area contributed by atoms with Crippen LogP contribution in [0.15, 0.2) is 78.9 Å². The summed E-state index contributed by atoms with van der Waals surface area (Å²) in [6.45, 7) is 1.52. The van der Waals surface area contributed by atoms with Crippen molar-refractivity contribution in [3.05, 3.63) is 101 Å². The molecule has 0 aliphatic carbocycles. The van der Waals surface area contributed by atoms with E-state index >= 15 is 0 Å². The average molecular weight is 564 g/mol. The van der Waals surface area contributed by atoms with E-state index in [4.69, 9.17) is 44.3 Å². The van der Waals surface area contributed by atoms with Crippen LogP contribution in [0.3, 0.4) is 0 Å². The van der Waals surface area contributed by atoms with Crippen LogP contribution >= 0.6 is 34.8 Å². The molecule has 1 aliphatic heterocycles. The van der Waals surface area contributed by atoms with Crippen LogP contribution in [-0.4, -0.2) is 39.4 Å². The topological polar surface area (TPSA) is 71.0 Å². The van der Waals surface area contributed by atoms with Crippen molar-refractivity contribution in [1.29, 1.82) is 0 Å². The van der Waals surface area contributed by atoms with Gasteiger partial charge in [0, 0.05) is 30.8 Å². The van der Waals surface area contributed by atoms with E-state index in [2.05, 4.69) is 29.4 Å². The molecule has 3 atom stereocenters. The van der Waals surface area contributed by atoms with Gasteiger partial charge >= 0.3 is 0 Å². The lowest BCUT2D eigenvalue weighted by Crippen LogP contribution is -2.37. The minimum Gasteiger partial charge on any atom is -0.392 e. The van der Waals surface area contributed by atoms with E-state index in [1.807, 2.05) is 54.6 Å². The fourth-order valence-electron chi connectivity index (χ4n) is 4.27. The Balaban J connectivity index is 1.50. The first-order chi connectivity index (χ1) is 17.7. The second-order valence-electron chi connectivity index (χ2n) is 9.11. The first kappa shape index (κ1) is 27.9. The van der Waals surface area contributed by atoms with Crippen LogP contribution in [0.4, 0.5) is 5.69 Å². The number of alkyl halides is 3. The molecule has 3 aromatic carbocycles. The molecule has 9 heteroatoms. The highest BCUT2D eigenvalue weighted by atomic mass is 35.6. The highest BCUT2D eigenvalue weighted by Crippen LogP contribution is 2.38. The molecule has 0 spiro atoms. The summed E-state index contributed by atoms with van der Waals surface area (Å²) in [5.41, 5.74) is 4.40. The smallest absolute Gasteiger partial charge is 0.276 e. The number of halogens is 3. The fourth-order valence-corrected chi connectivity index (χ4v) is 4.41. The zero-order valence-electron chi connectivity index (χ0n) is 20.3. The van der Waals surface area contributed by atoms with Gasteiger partial charge in [0.25, 0.3) is 9.70 Å². The number of anilines is 1. The van der Waals surface area contributed by atoms with Crippen LogP contribution < -0.4 is 5.32 Å². The molecular formula is C28H29Cl3N2O4. The Labute approximate surface area is 232 Å². The number of benzene rings is 3. The Bertz CT molecular complexity index is 1150. The Morgan fingerprint density at radius 3 is 2.22 bits per heavy atom. The predicted molar refractivity (Wildman–Crippen MR) is 147 cm³/mol. The molecule has 0 saturated carbocycles. The van der Waals surface area contributed by atoms with Crippen molar-refractivity contribution in [2.24, 2.45) is 0 Å². The zero-order valence-corrected chi connectivity index (χ0v) is 22.6. The van der Waals surface area contributed by atoms with Crippen molar-refractivity contribution in [3.63, 3.8) is 0 Å². The third-order valence-electron chi connectivity index (χ3n) is 6.12. The third kappa shape index (κ3) is 7.91. The molecule has 1 aliphatic rings. The maximum Gasteiger partial charge on any atom is 0.276 e. The first-order valence-corrected chi connectivity index (χ1v) is 13.1. The van der Waals surface area contributed by atoms with E-state index in [9.17, 15) is 9.90 Å². The SMILES string of the molecule is CN(Cc1ccccc1)C[C@H]1C[C@@H](c2ccc(CO)cc2)O[C@@H](c2ccc(NC(=O)C(Cl)(Cl)Cl)cc2)O1. The number of rotatable bonds is 8. The molecule has 0 radical (unpaired) electrons. The Morgan fingerprint density at radius 1 is 0.946 bits per heavy atom. The van der Waals surface area contributed by atoms with Gasteiger partial charge in [-0.15, -0.1) is 0 Å². The number of amides is 1.